The van der Waals surface area contributed by atoms with Crippen LogP contribution in [0.1, 0.15) is 12.5 Å². The molecule has 1 aromatic rings. The number of thiocarbonyl (C=S) groups is 1. The van der Waals surface area contributed by atoms with Crippen molar-refractivity contribution in [3.8, 4) is 0 Å². The maximum atomic E-state index is 13.7. The predicted octanol–water partition coefficient (Wildman–Crippen LogP) is 2.88. The van der Waals surface area contributed by atoms with Gasteiger partial charge >= 0.3 is 0 Å². The number of halogens is 2. The number of sulfonamides is 1. The molecule has 0 spiro atoms. The minimum Gasteiger partial charge on any atom is -0.268 e. The highest BCUT2D eigenvalue weighted by Gasteiger charge is 2.37. The molecule has 0 bridgehead atoms. The van der Waals surface area contributed by atoms with Gasteiger partial charge < -0.3 is 0 Å². The molecule has 2 rings (SSSR count). The van der Waals surface area contributed by atoms with Gasteiger partial charge in [-0.05, 0) is 25.2 Å². The molecule has 0 saturated heterocycles. The van der Waals surface area contributed by atoms with E-state index in [4.69, 9.17) is 11.6 Å². The van der Waals surface area contributed by atoms with Gasteiger partial charge in [0.25, 0.3) is 0 Å². The first-order chi connectivity index (χ1) is 8.42. The molecule has 0 aromatic heterocycles. The quantitative estimate of drug-likeness (QED) is 0.623. The van der Waals surface area contributed by atoms with Crippen LogP contribution in [-0.4, -0.2) is 20.1 Å². The van der Waals surface area contributed by atoms with E-state index in [1.165, 1.54) is 0 Å². The molecule has 1 aromatic carbocycles. The molecule has 18 heavy (non-hydrogen) atoms. The van der Waals surface area contributed by atoms with E-state index < -0.39 is 15.8 Å². The Morgan fingerprint density at radius 3 is 2.89 bits per heavy atom. The first kappa shape index (κ1) is 13.4. The first-order valence-electron chi connectivity index (χ1n) is 5.01. The number of hydrogen-bond donors (Lipinski definition) is 0. The number of aliphatic imine (C=N–C) groups is 1. The molecule has 1 aliphatic rings. The van der Waals surface area contributed by atoms with Crippen LogP contribution in [0.4, 0.5) is 15.8 Å². The van der Waals surface area contributed by atoms with Crippen molar-refractivity contribution in [2.75, 3.05) is 10.8 Å². The number of rotatable bonds is 2. The highest BCUT2D eigenvalue weighted by molar-refractivity contribution is 7.92. The smallest absolute Gasteiger partial charge is 0.239 e. The van der Waals surface area contributed by atoms with Gasteiger partial charge in [0, 0.05) is 12.1 Å². The summed E-state index contributed by atoms with van der Waals surface area (Å²) in [7, 11) is -3.52. The third-order valence-corrected chi connectivity index (χ3v) is 4.78. The van der Waals surface area contributed by atoms with Gasteiger partial charge in [0.2, 0.25) is 10.0 Å². The van der Waals surface area contributed by atoms with E-state index in [0.29, 0.717) is 0 Å². The average molecular weight is 307 g/mol. The van der Waals surface area contributed by atoms with E-state index in [9.17, 15) is 12.8 Å². The third-order valence-electron chi connectivity index (χ3n) is 2.63. The lowest BCUT2D eigenvalue weighted by molar-refractivity contribution is 0.594. The van der Waals surface area contributed by atoms with Crippen molar-refractivity contribution in [2.24, 2.45) is 4.99 Å². The van der Waals surface area contributed by atoms with Crippen LogP contribution in [0.15, 0.2) is 11.1 Å². The highest BCUT2D eigenvalue weighted by Crippen LogP contribution is 2.45. The molecule has 0 N–H and O–H groups in total. The fourth-order valence-electron chi connectivity index (χ4n) is 1.98. The predicted molar refractivity (Wildman–Crippen MR) is 71.7 cm³/mol. The van der Waals surface area contributed by atoms with E-state index >= 15 is 0 Å². The Bertz CT molecular complexity index is 669. The number of benzene rings is 1. The van der Waals surface area contributed by atoms with Gasteiger partial charge in [-0.2, -0.15) is 4.99 Å². The van der Waals surface area contributed by atoms with Crippen LogP contribution < -0.4 is 4.31 Å². The fraction of sp³-hybridized carbons (Fsp3) is 0.300. The second kappa shape index (κ2) is 4.59. The molecule has 0 amide bonds. The fourth-order valence-corrected chi connectivity index (χ4v) is 4.10. The Balaban J connectivity index is 2.82. The van der Waals surface area contributed by atoms with Crippen LogP contribution >= 0.6 is 23.8 Å². The number of nitrogens with zero attached hydrogens (tertiary/aromatic N) is 2. The Morgan fingerprint density at radius 2 is 2.33 bits per heavy atom. The molecule has 96 valence electrons. The van der Waals surface area contributed by atoms with Crippen molar-refractivity contribution < 1.29 is 12.8 Å². The molecule has 0 aliphatic carbocycles. The number of fused-ring (bicyclic) bond motifs is 1. The maximum absolute atomic E-state index is 13.7. The van der Waals surface area contributed by atoms with Gasteiger partial charge in [0.1, 0.15) is 5.69 Å². The second-order valence-electron chi connectivity index (χ2n) is 3.64. The summed E-state index contributed by atoms with van der Waals surface area (Å²) in [5.41, 5.74) is 0.410. The van der Waals surface area contributed by atoms with Crippen molar-refractivity contribution in [3.63, 3.8) is 0 Å². The standard InChI is InChI=1S/C10H8ClFN2O2S2/c1-2-14-10-6(4-18(14,15)16)9(13-5-17)8(12)3-7(10)11/h3H,2,4H2,1H3. The largest absolute Gasteiger partial charge is 0.268 e. The lowest BCUT2D eigenvalue weighted by atomic mass is 10.1. The summed E-state index contributed by atoms with van der Waals surface area (Å²) in [5, 5.41) is 2.10. The lowest BCUT2D eigenvalue weighted by Crippen LogP contribution is -2.26. The normalized spacial score (nSPS) is 16.3. The van der Waals surface area contributed by atoms with Crippen molar-refractivity contribution in [1.82, 2.24) is 0 Å². The zero-order valence-corrected chi connectivity index (χ0v) is 11.7. The van der Waals surface area contributed by atoms with Gasteiger partial charge in [0.05, 0.1) is 21.6 Å². The number of anilines is 1. The van der Waals surface area contributed by atoms with Crippen molar-refractivity contribution in [3.05, 3.63) is 22.5 Å². The molecule has 8 heteroatoms. The van der Waals surface area contributed by atoms with Crippen LogP contribution in [0.5, 0.6) is 0 Å². The van der Waals surface area contributed by atoms with Crippen LogP contribution in [-0.2, 0) is 15.8 Å². The summed E-state index contributed by atoms with van der Waals surface area (Å²) >= 11 is 10.3. The van der Waals surface area contributed by atoms with Crippen molar-refractivity contribution in [2.45, 2.75) is 12.7 Å². The Labute approximate surface area is 114 Å². The van der Waals surface area contributed by atoms with Gasteiger partial charge in [-0.25, -0.2) is 12.8 Å². The number of hydrogen-bond acceptors (Lipinski definition) is 4. The van der Waals surface area contributed by atoms with Gasteiger partial charge in [-0.1, -0.05) is 11.6 Å². The topological polar surface area (TPSA) is 49.7 Å². The summed E-state index contributed by atoms with van der Waals surface area (Å²) in [4.78, 5) is 3.59. The maximum Gasteiger partial charge on any atom is 0.239 e. The van der Waals surface area contributed by atoms with E-state index in [2.05, 4.69) is 17.2 Å². The molecule has 0 fully saturated rings. The number of isothiocyanates is 1. The van der Waals surface area contributed by atoms with Gasteiger partial charge in [-0.3, -0.25) is 4.31 Å². The van der Waals surface area contributed by atoms with E-state index in [-0.39, 0.29) is 34.3 Å². The lowest BCUT2D eigenvalue weighted by Gasteiger charge is -2.17. The minimum absolute atomic E-state index is 0.0498. The Kier molecular flexibility index (Phi) is 3.42. The molecule has 0 atom stereocenters. The van der Waals surface area contributed by atoms with Gasteiger partial charge in [-0.15, -0.1) is 0 Å². The van der Waals surface area contributed by atoms with Gasteiger partial charge in [0.15, 0.2) is 5.82 Å². The van der Waals surface area contributed by atoms with E-state index in [0.717, 1.165) is 10.4 Å². The first-order valence-corrected chi connectivity index (χ1v) is 7.41. The van der Waals surface area contributed by atoms with E-state index in [1.54, 1.807) is 6.92 Å². The molecule has 0 unspecified atom stereocenters. The van der Waals surface area contributed by atoms with Crippen LogP contribution in [0.25, 0.3) is 0 Å². The summed E-state index contributed by atoms with van der Waals surface area (Å²) in [6, 6.07) is 1.04. The van der Waals surface area contributed by atoms with Crippen LogP contribution in [0.2, 0.25) is 5.02 Å². The summed E-state index contributed by atoms with van der Waals surface area (Å²) in [6.45, 7) is 1.90. The van der Waals surface area contributed by atoms with Crippen molar-refractivity contribution in [1.29, 1.82) is 0 Å². The SMILES string of the molecule is CCN1c2c(Cl)cc(F)c(N=C=S)c2CS1(=O)=O. The summed E-state index contributed by atoms with van der Waals surface area (Å²) in [6.07, 6.45) is 0. The zero-order chi connectivity index (χ0) is 13.5. The van der Waals surface area contributed by atoms with Crippen molar-refractivity contribution >= 4 is 50.4 Å². The monoisotopic (exact) mass is 306 g/mol. The Morgan fingerprint density at radius 1 is 1.67 bits per heavy atom. The third kappa shape index (κ3) is 1.93. The zero-order valence-electron chi connectivity index (χ0n) is 9.27. The molecule has 1 aliphatic heterocycles. The van der Waals surface area contributed by atoms with Crippen LogP contribution in [0, 0.1) is 5.82 Å². The highest BCUT2D eigenvalue weighted by atomic mass is 35.5. The van der Waals surface area contributed by atoms with Crippen LogP contribution in [0.3, 0.4) is 0 Å². The minimum atomic E-state index is -3.52. The molecule has 1 heterocycles. The second-order valence-corrected chi connectivity index (χ2v) is 6.12. The summed E-state index contributed by atoms with van der Waals surface area (Å²) in [5.74, 6) is -1.03. The molecule has 0 radical (unpaired) electrons. The summed E-state index contributed by atoms with van der Waals surface area (Å²) < 4.78 is 38.7. The average Bonchev–Trinajstić information content (AvgIpc) is 2.55. The van der Waals surface area contributed by atoms with E-state index in [1.807, 2.05) is 5.16 Å². The molecular formula is C10H8ClFN2O2S2. The Hall–Kier alpha value is -1.01. The molecule has 0 saturated carbocycles. The molecular weight excluding hydrogens is 299 g/mol. The molecule has 4 nitrogen and oxygen atoms in total.